The van der Waals surface area contributed by atoms with Crippen LogP contribution in [0, 0.1) is 5.92 Å². The van der Waals surface area contributed by atoms with E-state index in [4.69, 9.17) is 9.47 Å². The topological polar surface area (TPSA) is 30.5 Å². The fourth-order valence-corrected chi connectivity index (χ4v) is 1.58. The zero-order valence-corrected chi connectivity index (χ0v) is 11.8. The van der Waals surface area contributed by atoms with Crippen molar-refractivity contribution in [1.82, 2.24) is 5.32 Å². The molecule has 0 aromatic heterocycles. The lowest BCUT2D eigenvalue weighted by atomic mass is 10.1. The molecule has 0 amide bonds. The average Bonchev–Trinajstić information content (AvgIpc) is 2.25. The normalized spacial score (nSPS) is 11.2. The molecule has 0 aromatic carbocycles. The fraction of sp³-hybridized carbons (Fsp3) is 1.00. The first-order valence-corrected chi connectivity index (χ1v) is 7.52. The van der Waals surface area contributed by atoms with E-state index in [1.54, 1.807) is 11.8 Å². The van der Waals surface area contributed by atoms with E-state index in [1.165, 1.54) is 6.42 Å². The van der Waals surface area contributed by atoms with Crippen LogP contribution in [0.25, 0.3) is 0 Å². The van der Waals surface area contributed by atoms with Gasteiger partial charge in [0.05, 0.1) is 19.8 Å². The molecule has 0 fully saturated rings. The molecule has 0 rings (SSSR count). The molecule has 0 radical (unpaired) electrons. The highest BCUT2D eigenvalue weighted by molar-refractivity contribution is 7.98. The minimum atomic E-state index is 0.711. The van der Waals surface area contributed by atoms with Crippen molar-refractivity contribution in [3.05, 3.63) is 0 Å². The highest BCUT2D eigenvalue weighted by atomic mass is 32.2. The van der Waals surface area contributed by atoms with Crippen molar-refractivity contribution in [2.75, 3.05) is 45.1 Å². The van der Waals surface area contributed by atoms with Crippen LogP contribution in [-0.4, -0.2) is 45.1 Å². The van der Waals surface area contributed by atoms with Crippen LogP contribution in [0.5, 0.6) is 0 Å². The number of hydrogen-bond acceptors (Lipinski definition) is 4. The van der Waals surface area contributed by atoms with E-state index in [0.717, 1.165) is 44.6 Å². The van der Waals surface area contributed by atoms with E-state index in [0.29, 0.717) is 6.61 Å². The first-order chi connectivity index (χ1) is 7.77. The van der Waals surface area contributed by atoms with Gasteiger partial charge in [-0.25, -0.2) is 0 Å². The molecule has 0 aliphatic heterocycles. The lowest BCUT2D eigenvalue weighted by molar-refractivity contribution is 0.0470. The van der Waals surface area contributed by atoms with Crippen molar-refractivity contribution in [1.29, 1.82) is 0 Å². The van der Waals surface area contributed by atoms with E-state index in [2.05, 4.69) is 25.4 Å². The van der Waals surface area contributed by atoms with E-state index in [-0.39, 0.29) is 0 Å². The quantitative estimate of drug-likeness (QED) is 0.425. The first-order valence-electron chi connectivity index (χ1n) is 6.12. The Morgan fingerprint density at radius 3 is 2.38 bits per heavy atom. The SMILES string of the molecule is CSCNCCOCCOCCCC(C)C. The van der Waals surface area contributed by atoms with E-state index < -0.39 is 0 Å². The predicted octanol–water partition coefficient (Wildman–Crippen LogP) is 2.37. The number of rotatable bonds is 12. The molecule has 0 atom stereocenters. The van der Waals surface area contributed by atoms with Crippen molar-refractivity contribution >= 4 is 11.8 Å². The van der Waals surface area contributed by atoms with Gasteiger partial charge in [-0.05, 0) is 25.0 Å². The summed E-state index contributed by atoms with van der Waals surface area (Å²) in [6, 6.07) is 0. The standard InChI is InChI=1S/C12H27NO2S/c1-12(2)5-4-7-14-9-10-15-8-6-13-11-16-3/h12-13H,4-11H2,1-3H3. The summed E-state index contributed by atoms with van der Waals surface area (Å²) in [6.45, 7) is 8.48. The third kappa shape index (κ3) is 14.2. The maximum absolute atomic E-state index is 5.46. The molecule has 0 unspecified atom stereocenters. The molecule has 0 heterocycles. The smallest absolute Gasteiger partial charge is 0.0701 e. The van der Waals surface area contributed by atoms with Crippen LogP contribution < -0.4 is 5.32 Å². The Balaban J connectivity index is 2.88. The monoisotopic (exact) mass is 249 g/mol. The Morgan fingerprint density at radius 1 is 1.06 bits per heavy atom. The van der Waals surface area contributed by atoms with E-state index >= 15 is 0 Å². The molecule has 0 saturated carbocycles. The summed E-state index contributed by atoms with van der Waals surface area (Å²) in [5.74, 6) is 1.78. The van der Waals surface area contributed by atoms with Crippen LogP contribution in [-0.2, 0) is 9.47 Å². The zero-order valence-electron chi connectivity index (χ0n) is 11.0. The van der Waals surface area contributed by atoms with E-state index in [9.17, 15) is 0 Å². The second kappa shape index (κ2) is 13.3. The molecule has 0 spiro atoms. The summed E-state index contributed by atoms with van der Waals surface area (Å²) in [7, 11) is 0. The van der Waals surface area contributed by atoms with Crippen LogP contribution in [0.3, 0.4) is 0 Å². The Kier molecular flexibility index (Phi) is 13.5. The molecule has 16 heavy (non-hydrogen) atoms. The first kappa shape index (κ1) is 16.2. The van der Waals surface area contributed by atoms with Crippen LogP contribution in [0.1, 0.15) is 26.7 Å². The van der Waals surface area contributed by atoms with Crippen molar-refractivity contribution in [2.45, 2.75) is 26.7 Å². The second-order valence-corrected chi connectivity index (χ2v) is 5.06. The highest BCUT2D eigenvalue weighted by Gasteiger charge is 1.94. The van der Waals surface area contributed by atoms with Gasteiger partial charge in [-0.3, -0.25) is 0 Å². The molecule has 0 aliphatic rings. The minimum absolute atomic E-state index is 0.711. The van der Waals surface area contributed by atoms with Crippen LogP contribution in [0.2, 0.25) is 0 Å². The van der Waals surface area contributed by atoms with Crippen molar-refractivity contribution in [3.8, 4) is 0 Å². The average molecular weight is 249 g/mol. The molecule has 0 saturated heterocycles. The van der Waals surface area contributed by atoms with Gasteiger partial charge in [0.1, 0.15) is 0 Å². The van der Waals surface area contributed by atoms with Crippen molar-refractivity contribution < 1.29 is 9.47 Å². The molecular formula is C12H27NO2S. The number of thioether (sulfide) groups is 1. The highest BCUT2D eigenvalue weighted by Crippen LogP contribution is 2.02. The number of nitrogens with one attached hydrogen (secondary N) is 1. The molecule has 0 aromatic rings. The Bertz CT molecular complexity index is 134. The zero-order chi connectivity index (χ0) is 12.1. The molecule has 1 N–H and O–H groups in total. The van der Waals surface area contributed by atoms with Gasteiger partial charge in [0.2, 0.25) is 0 Å². The summed E-state index contributed by atoms with van der Waals surface area (Å²) in [4.78, 5) is 0. The van der Waals surface area contributed by atoms with Gasteiger partial charge in [0.25, 0.3) is 0 Å². The summed E-state index contributed by atoms with van der Waals surface area (Å²) < 4.78 is 10.9. The largest absolute Gasteiger partial charge is 0.379 e. The molecular weight excluding hydrogens is 222 g/mol. The molecule has 0 bridgehead atoms. The summed E-state index contributed by atoms with van der Waals surface area (Å²) >= 11 is 1.79. The van der Waals surface area contributed by atoms with Crippen LogP contribution in [0.15, 0.2) is 0 Å². The van der Waals surface area contributed by atoms with Crippen LogP contribution in [0.4, 0.5) is 0 Å². The summed E-state index contributed by atoms with van der Waals surface area (Å²) in [6.07, 6.45) is 4.49. The molecule has 4 heteroatoms. The van der Waals surface area contributed by atoms with Crippen molar-refractivity contribution in [2.24, 2.45) is 5.92 Å². The summed E-state index contributed by atoms with van der Waals surface area (Å²) in [5.41, 5.74) is 0. The lowest BCUT2D eigenvalue weighted by Crippen LogP contribution is -2.20. The lowest BCUT2D eigenvalue weighted by Gasteiger charge is -2.07. The van der Waals surface area contributed by atoms with Gasteiger partial charge in [-0.2, -0.15) is 0 Å². The maximum Gasteiger partial charge on any atom is 0.0701 e. The molecule has 98 valence electrons. The Hall–Kier alpha value is 0.230. The van der Waals surface area contributed by atoms with Crippen molar-refractivity contribution in [3.63, 3.8) is 0 Å². The predicted molar refractivity (Wildman–Crippen MR) is 72.1 cm³/mol. The van der Waals surface area contributed by atoms with E-state index in [1.807, 2.05) is 0 Å². The Morgan fingerprint density at radius 2 is 1.75 bits per heavy atom. The maximum atomic E-state index is 5.46. The fourth-order valence-electron chi connectivity index (χ4n) is 1.23. The van der Waals surface area contributed by atoms with Gasteiger partial charge in [0.15, 0.2) is 0 Å². The number of hydrogen-bond donors (Lipinski definition) is 1. The third-order valence-electron chi connectivity index (χ3n) is 2.11. The molecule has 3 nitrogen and oxygen atoms in total. The van der Waals surface area contributed by atoms with Gasteiger partial charge < -0.3 is 14.8 Å². The Labute approximate surface area is 105 Å². The van der Waals surface area contributed by atoms with Gasteiger partial charge in [-0.1, -0.05) is 13.8 Å². The third-order valence-corrected chi connectivity index (χ3v) is 2.60. The van der Waals surface area contributed by atoms with Gasteiger partial charge >= 0.3 is 0 Å². The summed E-state index contributed by atoms with van der Waals surface area (Å²) in [5, 5.41) is 3.26. The molecule has 0 aliphatic carbocycles. The number of ether oxygens (including phenoxy) is 2. The van der Waals surface area contributed by atoms with Gasteiger partial charge in [-0.15, -0.1) is 11.8 Å². The van der Waals surface area contributed by atoms with Crippen LogP contribution >= 0.6 is 11.8 Å². The minimum Gasteiger partial charge on any atom is -0.379 e. The van der Waals surface area contributed by atoms with Gasteiger partial charge in [0, 0.05) is 19.0 Å². The second-order valence-electron chi connectivity index (χ2n) is 4.19.